The molecule has 0 unspecified atom stereocenters. The van der Waals surface area contributed by atoms with E-state index in [1.165, 1.54) is 12.1 Å². The minimum absolute atomic E-state index is 0.0883. The second-order valence-electron chi connectivity index (χ2n) is 4.18. The molecule has 108 valence electrons. The zero-order valence-electron chi connectivity index (χ0n) is 11.2. The first kappa shape index (κ1) is 14.6. The molecule has 0 radical (unpaired) electrons. The highest BCUT2D eigenvalue weighted by molar-refractivity contribution is 5.89. The Morgan fingerprint density at radius 1 is 0.905 bits per heavy atom. The molecule has 0 spiro atoms. The highest BCUT2D eigenvalue weighted by atomic mass is 16.6. The van der Waals surface area contributed by atoms with Gasteiger partial charge >= 0.3 is 11.9 Å². The van der Waals surface area contributed by atoms with Gasteiger partial charge in [0.2, 0.25) is 0 Å². The number of hydrogen-bond acceptors (Lipinski definition) is 4. The third-order valence-corrected chi connectivity index (χ3v) is 2.68. The zero-order valence-corrected chi connectivity index (χ0v) is 11.2. The van der Waals surface area contributed by atoms with Crippen LogP contribution < -0.4 is 4.74 Å². The van der Waals surface area contributed by atoms with Crippen molar-refractivity contribution in [2.24, 2.45) is 0 Å². The van der Waals surface area contributed by atoms with Crippen molar-refractivity contribution in [1.82, 2.24) is 0 Å². The van der Waals surface area contributed by atoms with E-state index in [9.17, 15) is 9.59 Å². The molecule has 2 aromatic carbocycles. The van der Waals surface area contributed by atoms with Crippen LogP contribution >= 0.6 is 0 Å². The average Bonchev–Trinajstić information content (AvgIpc) is 2.52. The van der Waals surface area contributed by atoms with Gasteiger partial charge in [0, 0.05) is 0 Å². The zero-order chi connectivity index (χ0) is 15.1. The van der Waals surface area contributed by atoms with Crippen LogP contribution in [0.2, 0.25) is 0 Å². The molecule has 21 heavy (non-hydrogen) atoms. The SMILES string of the molecule is O=C(O)c1cccc(OCCOC(=O)c2ccccc2)c1. The topological polar surface area (TPSA) is 72.8 Å². The Hall–Kier alpha value is -2.82. The second kappa shape index (κ2) is 7.09. The summed E-state index contributed by atoms with van der Waals surface area (Å²) in [7, 11) is 0. The minimum Gasteiger partial charge on any atom is -0.490 e. The summed E-state index contributed by atoms with van der Waals surface area (Å²) in [5, 5.41) is 8.85. The van der Waals surface area contributed by atoms with Crippen LogP contribution in [-0.2, 0) is 4.74 Å². The monoisotopic (exact) mass is 286 g/mol. The lowest BCUT2D eigenvalue weighted by molar-refractivity contribution is 0.0450. The van der Waals surface area contributed by atoms with Crippen molar-refractivity contribution in [1.29, 1.82) is 0 Å². The molecule has 0 aliphatic heterocycles. The Morgan fingerprint density at radius 3 is 2.33 bits per heavy atom. The van der Waals surface area contributed by atoms with Crippen LogP contribution in [0, 0.1) is 0 Å². The van der Waals surface area contributed by atoms with Crippen molar-refractivity contribution < 1.29 is 24.2 Å². The maximum absolute atomic E-state index is 11.6. The first-order chi connectivity index (χ1) is 10.2. The predicted molar refractivity (Wildman–Crippen MR) is 75.6 cm³/mol. The van der Waals surface area contributed by atoms with Crippen molar-refractivity contribution in [2.75, 3.05) is 13.2 Å². The van der Waals surface area contributed by atoms with Crippen molar-refractivity contribution in [3.8, 4) is 5.75 Å². The number of ether oxygens (including phenoxy) is 2. The third-order valence-electron chi connectivity index (χ3n) is 2.68. The first-order valence-corrected chi connectivity index (χ1v) is 6.35. The summed E-state index contributed by atoms with van der Waals surface area (Å²) in [6.45, 7) is 0.243. The molecule has 0 amide bonds. The lowest BCUT2D eigenvalue weighted by atomic mass is 10.2. The molecular formula is C16H14O5. The Bertz CT molecular complexity index is 622. The highest BCUT2D eigenvalue weighted by Crippen LogP contribution is 2.13. The van der Waals surface area contributed by atoms with Gasteiger partial charge < -0.3 is 14.6 Å². The number of hydrogen-bond donors (Lipinski definition) is 1. The second-order valence-corrected chi connectivity index (χ2v) is 4.18. The molecule has 0 fully saturated rings. The highest BCUT2D eigenvalue weighted by Gasteiger charge is 2.06. The summed E-state index contributed by atoms with van der Waals surface area (Å²) in [6.07, 6.45) is 0. The summed E-state index contributed by atoms with van der Waals surface area (Å²) in [5.74, 6) is -1.01. The molecule has 5 nitrogen and oxygen atoms in total. The van der Waals surface area contributed by atoms with Crippen LogP contribution in [0.15, 0.2) is 54.6 Å². The molecule has 0 heterocycles. The van der Waals surface area contributed by atoms with Gasteiger partial charge in [0.1, 0.15) is 19.0 Å². The average molecular weight is 286 g/mol. The molecule has 2 rings (SSSR count). The smallest absolute Gasteiger partial charge is 0.338 e. The Kier molecular flexibility index (Phi) is 4.93. The van der Waals surface area contributed by atoms with E-state index in [2.05, 4.69) is 0 Å². The van der Waals surface area contributed by atoms with Gasteiger partial charge in [-0.25, -0.2) is 9.59 Å². The molecule has 5 heteroatoms. The normalized spacial score (nSPS) is 9.90. The number of benzene rings is 2. The summed E-state index contributed by atoms with van der Waals surface area (Å²) < 4.78 is 10.4. The van der Waals surface area contributed by atoms with Crippen LogP contribution in [0.3, 0.4) is 0 Å². The first-order valence-electron chi connectivity index (χ1n) is 6.35. The van der Waals surface area contributed by atoms with Gasteiger partial charge in [0.15, 0.2) is 0 Å². The van der Waals surface area contributed by atoms with Crippen LogP contribution in [0.4, 0.5) is 0 Å². The Balaban J connectivity index is 1.79. The van der Waals surface area contributed by atoms with E-state index in [4.69, 9.17) is 14.6 Å². The molecule has 2 aromatic rings. The van der Waals surface area contributed by atoms with E-state index < -0.39 is 11.9 Å². The maximum Gasteiger partial charge on any atom is 0.338 e. The fourth-order valence-electron chi connectivity index (χ4n) is 1.67. The van der Waals surface area contributed by atoms with Crippen LogP contribution in [-0.4, -0.2) is 30.3 Å². The van der Waals surface area contributed by atoms with Gasteiger partial charge in [-0.1, -0.05) is 24.3 Å². The minimum atomic E-state index is -1.02. The van der Waals surface area contributed by atoms with E-state index in [0.29, 0.717) is 11.3 Å². The van der Waals surface area contributed by atoms with Gasteiger partial charge in [-0.3, -0.25) is 0 Å². The fraction of sp³-hybridized carbons (Fsp3) is 0.125. The predicted octanol–water partition coefficient (Wildman–Crippen LogP) is 2.62. The number of aromatic carboxylic acids is 1. The number of esters is 1. The van der Waals surface area contributed by atoms with Gasteiger partial charge in [0.25, 0.3) is 0 Å². The van der Waals surface area contributed by atoms with E-state index >= 15 is 0 Å². The lowest BCUT2D eigenvalue weighted by Crippen LogP contribution is -2.12. The van der Waals surface area contributed by atoms with E-state index in [1.807, 2.05) is 6.07 Å². The molecule has 0 bridgehead atoms. The van der Waals surface area contributed by atoms with Gasteiger partial charge in [-0.2, -0.15) is 0 Å². The van der Waals surface area contributed by atoms with Crippen LogP contribution in [0.25, 0.3) is 0 Å². The molecular weight excluding hydrogens is 272 g/mol. The van der Waals surface area contributed by atoms with Gasteiger partial charge in [-0.15, -0.1) is 0 Å². The van der Waals surface area contributed by atoms with Crippen molar-refractivity contribution in [2.45, 2.75) is 0 Å². The lowest BCUT2D eigenvalue weighted by Gasteiger charge is -2.08. The maximum atomic E-state index is 11.6. The fourth-order valence-corrected chi connectivity index (χ4v) is 1.67. The quantitative estimate of drug-likeness (QED) is 0.652. The number of carbonyl (C=O) groups excluding carboxylic acids is 1. The molecule has 0 aliphatic rings. The Morgan fingerprint density at radius 2 is 1.62 bits per heavy atom. The van der Waals surface area contributed by atoms with E-state index in [-0.39, 0.29) is 18.8 Å². The van der Waals surface area contributed by atoms with Crippen molar-refractivity contribution >= 4 is 11.9 Å². The van der Waals surface area contributed by atoms with Crippen molar-refractivity contribution in [3.63, 3.8) is 0 Å². The van der Waals surface area contributed by atoms with Crippen LogP contribution in [0.5, 0.6) is 5.75 Å². The van der Waals surface area contributed by atoms with E-state index in [0.717, 1.165) is 0 Å². The number of carboxylic acids is 1. The standard InChI is InChI=1S/C16H14O5/c17-15(18)13-7-4-8-14(11-13)20-9-10-21-16(19)12-5-2-1-3-6-12/h1-8,11H,9-10H2,(H,17,18). The molecule has 0 aliphatic carbocycles. The van der Waals surface area contributed by atoms with Crippen LogP contribution in [0.1, 0.15) is 20.7 Å². The number of carbonyl (C=O) groups is 2. The molecule has 0 saturated carbocycles. The van der Waals surface area contributed by atoms with E-state index in [1.54, 1.807) is 36.4 Å². The molecule has 0 aromatic heterocycles. The molecule has 0 atom stereocenters. The molecule has 1 N–H and O–H groups in total. The number of carboxylic acid groups (broad SMARTS) is 1. The molecule has 0 saturated heterocycles. The van der Waals surface area contributed by atoms with Crippen molar-refractivity contribution in [3.05, 3.63) is 65.7 Å². The largest absolute Gasteiger partial charge is 0.490 e. The third kappa shape index (κ3) is 4.35. The summed E-state index contributed by atoms with van der Waals surface area (Å²) >= 11 is 0. The number of rotatable bonds is 6. The summed E-state index contributed by atoms with van der Waals surface area (Å²) in [5.41, 5.74) is 0.624. The van der Waals surface area contributed by atoms with Gasteiger partial charge in [-0.05, 0) is 30.3 Å². The summed E-state index contributed by atoms with van der Waals surface area (Å²) in [6, 6.07) is 14.8. The summed E-state index contributed by atoms with van der Waals surface area (Å²) in [4.78, 5) is 22.4. The Labute approximate surface area is 121 Å². The van der Waals surface area contributed by atoms with Gasteiger partial charge in [0.05, 0.1) is 11.1 Å².